The number of benzene rings is 2. The number of nitrogens with one attached hydrogen (secondary N) is 2. The fourth-order valence-electron chi connectivity index (χ4n) is 3.82. The zero-order valence-electron chi connectivity index (χ0n) is 15.9. The number of hydrogen-bond acceptors (Lipinski definition) is 2. The van der Waals surface area contributed by atoms with Crippen molar-refractivity contribution in [1.29, 1.82) is 0 Å². The van der Waals surface area contributed by atoms with Gasteiger partial charge in [-0.2, -0.15) is 0 Å². The van der Waals surface area contributed by atoms with Crippen molar-refractivity contribution in [2.24, 2.45) is 5.92 Å². The molecule has 0 unspecified atom stereocenters. The van der Waals surface area contributed by atoms with Crippen molar-refractivity contribution in [3.63, 3.8) is 0 Å². The van der Waals surface area contributed by atoms with E-state index in [2.05, 4.69) is 34.9 Å². The average Bonchev–Trinajstić information content (AvgIpc) is 2.71. The Balaban J connectivity index is 1.46. The highest BCUT2D eigenvalue weighted by atomic mass is 16.2. The van der Waals surface area contributed by atoms with Gasteiger partial charge in [-0.05, 0) is 48.3 Å². The highest BCUT2D eigenvalue weighted by molar-refractivity contribution is 5.78. The SMILES string of the molecule is CC(=O)NCc1cccc(CNC(=O)C2CCC(c3ccccc3)CC2)c1. The molecule has 4 nitrogen and oxygen atoms in total. The number of rotatable bonds is 6. The van der Waals surface area contributed by atoms with Crippen LogP contribution in [0.25, 0.3) is 0 Å². The third-order valence-electron chi connectivity index (χ3n) is 5.37. The van der Waals surface area contributed by atoms with Gasteiger partial charge in [0.1, 0.15) is 0 Å². The van der Waals surface area contributed by atoms with Crippen LogP contribution in [-0.4, -0.2) is 11.8 Å². The highest BCUT2D eigenvalue weighted by Crippen LogP contribution is 2.35. The second kappa shape index (κ2) is 9.36. The summed E-state index contributed by atoms with van der Waals surface area (Å²) in [6.07, 6.45) is 4.06. The van der Waals surface area contributed by atoms with Gasteiger partial charge in [-0.3, -0.25) is 9.59 Å². The number of carbonyl (C=O) groups is 2. The van der Waals surface area contributed by atoms with E-state index in [1.54, 1.807) is 0 Å². The Morgan fingerprint density at radius 3 is 2.11 bits per heavy atom. The third-order valence-corrected chi connectivity index (χ3v) is 5.37. The molecule has 4 heteroatoms. The van der Waals surface area contributed by atoms with Crippen molar-refractivity contribution >= 4 is 11.8 Å². The van der Waals surface area contributed by atoms with E-state index >= 15 is 0 Å². The van der Waals surface area contributed by atoms with Gasteiger partial charge in [-0.15, -0.1) is 0 Å². The summed E-state index contributed by atoms with van der Waals surface area (Å²) in [5.41, 5.74) is 3.50. The number of hydrogen-bond donors (Lipinski definition) is 2. The fraction of sp³-hybridized carbons (Fsp3) is 0.391. The minimum absolute atomic E-state index is 0.0418. The van der Waals surface area contributed by atoms with Gasteiger partial charge in [0.05, 0.1) is 0 Å². The van der Waals surface area contributed by atoms with Crippen molar-refractivity contribution in [3.05, 3.63) is 71.3 Å². The molecule has 2 aromatic carbocycles. The second-order valence-corrected chi connectivity index (χ2v) is 7.41. The van der Waals surface area contributed by atoms with Gasteiger partial charge in [0.25, 0.3) is 0 Å². The lowest BCUT2D eigenvalue weighted by Crippen LogP contribution is -2.32. The molecule has 0 saturated heterocycles. The first-order chi connectivity index (χ1) is 13.1. The van der Waals surface area contributed by atoms with Crippen molar-refractivity contribution in [1.82, 2.24) is 10.6 Å². The Hall–Kier alpha value is -2.62. The van der Waals surface area contributed by atoms with Crippen LogP contribution in [0.15, 0.2) is 54.6 Å². The lowest BCUT2D eigenvalue weighted by atomic mass is 9.78. The molecule has 142 valence electrons. The Morgan fingerprint density at radius 1 is 0.852 bits per heavy atom. The molecule has 0 spiro atoms. The van der Waals surface area contributed by atoms with E-state index in [4.69, 9.17) is 0 Å². The van der Waals surface area contributed by atoms with Crippen LogP contribution in [0.2, 0.25) is 0 Å². The summed E-state index contributed by atoms with van der Waals surface area (Å²) in [6, 6.07) is 18.6. The van der Waals surface area contributed by atoms with Gasteiger partial charge in [0, 0.05) is 25.9 Å². The van der Waals surface area contributed by atoms with Gasteiger partial charge >= 0.3 is 0 Å². The van der Waals surface area contributed by atoms with Crippen LogP contribution in [0.4, 0.5) is 0 Å². The van der Waals surface area contributed by atoms with E-state index in [9.17, 15) is 9.59 Å². The van der Waals surface area contributed by atoms with Gasteiger partial charge < -0.3 is 10.6 Å². The summed E-state index contributed by atoms with van der Waals surface area (Å²) in [4.78, 5) is 23.6. The van der Waals surface area contributed by atoms with Gasteiger partial charge in [0.2, 0.25) is 11.8 Å². The molecule has 0 atom stereocenters. The smallest absolute Gasteiger partial charge is 0.223 e. The first-order valence-corrected chi connectivity index (χ1v) is 9.76. The molecule has 2 amide bonds. The molecule has 1 saturated carbocycles. The van der Waals surface area contributed by atoms with Crippen LogP contribution < -0.4 is 10.6 Å². The summed E-state index contributed by atoms with van der Waals surface area (Å²) in [6.45, 7) is 2.56. The Labute approximate surface area is 161 Å². The number of amides is 2. The maximum atomic E-state index is 12.5. The second-order valence-electron chi connectivity index (χ2n) is 7.41. The lowest BCUT2D eigenvalue weighted by Gasteiger charge is -2.28. The molecule has 2 N–H and O–H groups in total. The maximum Gasteiger partial charge on any atom is 0.223 e. The summed E-state index contributed by atoms with van der Waals surface area (Å²) in [5, 5.41) is 5.89. The maximum absolute atomic E-state index is 12.5. The Morgan fingerprint density at radius 2 is 1.48 bits per heavy atom. The van der Waals surface area contributed by atoms with Crippen LogP contribution in [0, 0.1) is 5.92 Å². The average molecular weight is 364 g/mol. The quantitative estimate of drug-likeness (QED) is 0.816. The van der Waals surface area contributed by atoms with Crippen LogP contribution in [-0.2, 0) is 22.7 Å². The third kappa shape index (κ3) is 5.68. The van der Waals surface area contributed by atoms with Crippen molar-refractivity contribution in [3.8, 4) is 0 Å². The van der Waals surface area contributed by atoms with Crippen molar-refractivity contribution in [2.75, 3.05) is 0 Å². The first-order valence-electron chi connectivity index (χ1n) is 9.76. The zero-order valence-corrected chi connectivity index (χ0v) is 15.9. The topological polar surface area (TPSA) is 58.2 Å². The summed E-state index contributed by atoms with van der Waals surface area (Å²) in [7, 11) is 0. The monoisotopic (exact) mass is 364 g/mol. The van der Waals surface area contributed by atoms with E-state index in [1.807, 2.05) is 30.3 Å². The highest BCUT2D eigenvalue weighted by Gasteiger charge is 2.26. The van der Waals surface area contributed by atoms with Crippen LogP contribution >= 0.6 is 0 Å². The van der Waals surface area contributed by atoms with Gasteiger partial charge in [-0.25, -0.2) is 0 Å². The molecule has 3 rings (SSSR count). The molecule has 27 heavy (non-hydrogen) atoms. The predicted octanol–water partition coefficient (Wildman–Crippen LogP) is 3.91. The van der Waals surface area contributed by atoms with Crippen molar-refractivity contribution < 1.29 is 9.59 Å². The lowest BCUT2D eigenvalue weighted by molar-refractivity contribution is -0.126. The molecule has 1 aliphatic carbocycles. The van der Waals surface area contributed by atoms with E-state index in [-0.39, 0.29) is 17.7 Å². The van der Waals surface area contributed by atoms with Crippen LogP contribution in [0.1, 0.15) is 55.2 Å². The zero-order chi connectivity index (χ0) is 19.1. The van der Waals surface area contributed by atoms with Crippen LogP contribution in [0.3, 0.4) is 0 Å². The Bertz CT molecular complexity index is 765. The van der Waals surface area contributed by atoms with E-state index in [1.165, 1.54) is 12.5 Å². The van der Waals surface area contributed by atoms with Crippen LogP contribution in [0.5, 0.6) is 0 Å². The molecular formula is C23H28N2O2. The first kappa shape index (κ1) is 19.2. The largest absolute Gasteiger partial charge is 0.352 e. The van der Waals surface area contributed by atoms with E-state index in [0.717, 1.165) is 36.8 Å². The van der Waals surface area contributed by atoms with Gasteiger partial charge in [0.15, 0.2) is 0 Å². The predicted molar refractivity (Wildman–Crippen MR) is 107 cm³/mol. The molecule has 0 bridgehead atoms. The molecule has 2 aromatic rings. The molecular weight excluding hydrogens is 336 g/mol. The molecule has 1 fully saturated rings. The normalized spacial score (nSPS) is 19.3. The minimum atomic E-state index is -0.0418. The standard InChI is InChI=1S/C23H28N2O2/c1-17(26)24-15-18-6-5-7-19(14-18)16-25-23(27)22-12-10-21(11-13-22)20-8-3-2-4-9-20/h2-9,14,21-22H,10-13,15-16H2,1H3,(H,24,26)(H,25,27). The van der Waals surface area contributed by atoms with E-state index < -0.39 is 0 Å². The molecule has 0 aliphatic heterocycles. The number of carbonyl (C=O) groups excluding carboxylic acids is 2. The summed E-state index contributed by atoms with van der Waals surface area (Å²) in [5.74, 6) is 0.821. The van der Waals surface area contributed by atoms with E-state index in [0.29, 0.717) is 19.0 Å². The summed E-state index contributed by atoms with van der Waals surface area (Å²) >= 11 is 0. The molecule has 0 radical (unpaired) electrons. The van der Waals surface area contributed by atoms with Gasteiger partial charge in [-0.1, -0.05) is 54.6 Å². The molecule has 0 heterocycles. The molecule has 1 aliphatic rings. The minimum Gasteiger partial charge on any atom is -0.352 e. The fourth-order valence-corrected chi connectivity index (χ4v) is 3.82. The molecule has 0 aromatic heterocycles. The summed E-state index contributed by atoms with van der Waals surface area (Å²) < 4.78 is 0. The van der Waals surface area contributed by atoms with Crippen molar-refractivity contribution in [2.45, 2.75) is 51.6 Å². The Kier molecular flexibility index (Phi) is 6.64.